The van der Waals surface area contributed by atoms with Gasteiger partial charge in [-0.15, -0.1) is 11.3 Å². The number of hydrogen-bond donors (Lipinski definition) is 1. The molecule has 1 aliphatic heterocycles. The van der Waals surface area contributed by atoms with Crippen LogP contribution in [0, 0.1) is 36.5 Å². The number of nitrogens with one attached hydrogen (secondary N) is 1. The molecule has 0 radical (unpaired) electrons. The van der Waals surface area contributed by atoms with Crippen LogP contribution in [0.1, 0.15) is 41.5 Å². The van der Waals surface area contributed by atoms with Crippen molar-refractivity contribution in [1.29, 1.82) is 10.5 Å². The van der Waals surface area contributed by atoms with E-state index in [0.717, 1.165) is 41.7 Å². The predicted octanol–water partition coefficient (Wildman–Crippen LogP) is 3.70. The molecule has 9 nitrogen and oxygen atoms in total. The number of anilines is 1. The summed E-state index contributed by atoms with van der Waals surface area (Å²) in [5.74, 6) is -0.774. The summed E-state index contributed by atoms with van der Waals surface area (Å²) in [4.78, 5) is 27.4. The van der Waals surface area contributed by atoms with Crippen LogP contribution in [-0.4, -0.2) is 36.3 Å². The van der Waals surface area contributed by atoms with Gasteiger partial charge in [0.1, 0.15) is 10.7 Å². The van der Waals surface area contributed by atoms with Crippen LogP contribution in [0.2, 0.25) is 0 Å². The first-order chi connectivity index (χ1) is 21.1. The van der Waals surface area contributed by atoms with E-state index in [0.29, 0.717) is 29.9 Å². The molecule has 1 saturated heterocycles. The molecule has 0 saturated carbocycles. The molecule has 1 aliphatic rings. The zero-order chi connectivity index (χ0) is 31.4. The maximum Gasteiger partial charge on any atom is 0.273 e. The van der Waals surface area contributed by atoms with Crippen LogP contribution in [0.4, 0.5) is 5.69 Å². The fourth-order valence-corrected chi connectivity index (χ4v) is 7.60. The van der Waals surface area contributed by atoms with Crippen LogP contribution in [0.25, 0.3) is 17.3 Å². The molecule has 222 valence electrons. The number of carbonyl (C=O) groups is 1. The predicted molar refractivity (Wildman–Crippen MR) is 170 cm³/mol. The third-order valence-electron chi connectivity index (χ3n) is 7.51. The molecule has 0 aliphatic carbocycles. The lowest BCUT2D eigenvalue weighted by Crippen LogP contribution is -2.35. The lowest BCUT2D eigenvalue weighted by atomic mass is 10.1. The SMILES string of the molecule is Cc1ccc(-n2c(=O)/c(=C\c3ccc(C#N)cc3)s/c2=C(/C#N)C(=O)Nc2cccc(S(=O)(=O)N3CCCCC3)c2)cc1C. The van der Waals surface area contributed by atoms with Gasteiger partial charge >= 0.3 is 0 Å². The molecule has 2 heterocycles. The Bertz CT molecular complexity index is 2130. The number of carbonyl (C=O) groups excluding carboxylic acids is 1. The van der Waals surface area contributed by atoms with E-state index in [2.05, 4.69) is 11.4 Å². The molecule has 1 N–H and O–H groups in total. The van der Waals surface area contributed by atoms with Crippen LogP contribution in [0.5, 0.6) is 0 Å². The highest BCUT2D eigenvalue weighted by molar-refractivity contribution is 7.89. The van der Waals surface area contributed by atoms with Gasteiger partial charge in [-0.2, -0.15) is 14.8 Å². The van der Waals surface area contributed by atoms with E-state index in [-0.39, 0.29) is 25.4 Å². The first-order valence-electron chi connectivity index (χ1n) is 14.0. The molecule has 1 aromatic heterocycles. The standard InChI is InChI=1S/C33H29N5O4S2/c1-22-9-14-27(17-23(22)2)38-32(40)30(18-24-10-12-25(20-34)13-11-24)43-33(38)29(21-35)31(39)36-26-7-6-8-28(19-26)44(41,42)37-15-4-3-5-16-37/h6-14,17-19H,3-5,15-16H2,1-2H3,(H,36,39)/b30-18+,33-29-. The molecule has 11 heteroatoms. The molecule has 0 bridgehead atoms. The fraction of sp³-hybridized carbons (Fsp3) is 0.212. The van der Waals surface area contributed by atoms with Crippen molar-refractivity contribution in [2.24, 2.45) is 0 Å². The van der Waals surface area contributed by atoms with Crippen molar-refractivity contribution in [3.63, 3.8) is 0 Å². The quantitative estimate of drug-likeness (QED) is 0.348. The number of aryl methyl sites for hydroxylation is 2. The van der Waals surface area contributed by atoms with E-state index in [1.807, 2.05) is 32.0 Å². The van der Waals surface area contributed by atoms with Crippen LogP contribution in [-0.2, 0) is 14.8 Å². The van der Waals surface area contributed by atoms with Gasteiger partial charge in [0.05, 0.1) is 26.7 Å². The number of benzene rings is 3. The minimum atomic E-state index is -3.74. The smallest absolute Gasteiger partial charge is 0.273 e. The second-order valence-corrected chi connectivity index (χ2v) is 13.5. The van der Waals surface area contributed by atoms with E-state index >= 15 is 0 Å². The van der Waals surface area contributed by atoms with Crippen molar-refractivity contribution >= 4 is 44.6 Å². The summed E-state index contributed by atoms with van der Waals surface area (Å²) >= 11 is 1.00. The van der Waals surface area contributed by atoms with E-state index in [4.69, 9.17) is 5.26 Å². The molecule has 1 amide bonds. The topological polar surface area (TPSA) is 136 Å². The van der Waals surface area contributed by atoms with Crippen molar-refractivity contribution < 1.29 is 13.2 Å². The minimum Gasteiger partial charge on any atom is -0.321 e. The second-order valence-electron chi connectivity index (χ2n) is 10.5. The third-order valence-corrected chi connectivity index (χ3v) is 10.5. The largest absolute Gasteiger partial charge is 0.321 e. The Morgan fingerprint density at radius 1 is 0.955 bits per heavy atom. The molecule has 0 atom stereocenters. The van der Waals surface area contributed by atoms with Crippen molar-refractivity contribution in [1.82, 2.24) is 8.87 Å². The average Bonchev–Trinajstić information content (AvgIpc) is 3.34. The van der Waals surface area contributed by atoms with E-state index in [1.165, 1.54) is 21.0 Å². The number of piperidine rings is 1. The normalized spacial score (nSPS) is 14.9. The summed E-state index contributed by atoms with van der Waals surface area (Å²) in [7, 11) is -3.74. The molecule has 0 spiro atoms. The van der Waals surface area contributed by atoms with E-state index in [1.54, 1.807) is 48.5 Å². The summed E-state index contributed by atoms with van der Waals surface area (Å²) in [6.07, 6.45) is 4.22. The number of thiazole rings is 1. The highest BCUT2D eigenvalue weighted by Crippen LogP contribution is 2.23. The van der Waals surface area contributed by atoms with Gasteiger partial charge in [-0.3, -0.25) is 14.2 Å². The number of nitriles is 2. The van der Waals surface area contributed by atoms with Crippen molar-refractivity contribution in [3.05, 3.63) is 109 Å². The van der Waals surface area contributed by atoms with Gasteiger partial charge < -0.3 is 5.32 Å². The summed E-state index contributed by atoms with van der Waals surface area (Å²) < 4.78 is 29.7. The molecular formula is C33H29N5O4S2. The monoisotopic (exact) mass is 623 g/mol. The van der Waals surface area contributed by atoms with Crippen molar-refractivity contribution in [2.75, 3.05) is 18.4 Å². The lowest BCUT2D eigenvalue weighted by Gasteiger charge is -2.26. The number of nitrogens with zero attached hydrogens (tertiary/aromatic N) is 4. The molecule has 44 heavy (non-hydrogen) atoms. The molecular weight excluding hydrogens is 595 g/mol. The number of hydrogen-bond acceptors (Lipinski definition) is 7. The van der Waals surface area contributed by atoms with Gasteiger partial charge in [0.2, 0.25) is 10.0 Å². The van der Waals surface area contributed by atoms with Gasteiger partial charge in [-0.25, -0.2) is 8.42 Å². The van der Waals surface area contributed by atoms with Gasteiger partial charge in [0.15, 0.2) is 5.57 Å². The first-order valence-corrected chi connectivity index (χ1v) is 16.3. The number of amides is 1. The van der Waals surface area contributed by atoms with Crippen molar-refractivity contribution in [3.8, 4) is 17.8 Å². The summed E-state index contributed by atoms with van der Waals surface area (Å²) in [6, 6.07) is 22.1. The number of sulfonamides is 1. The lowest BCUT2D eigenvalue weighted by molar-refractivity contribution is -0.111. The van der Waals surface area contributed by atoms with Crippen LogP contribution in [0.3, 0.4) is 0 Å². The first kappa shape index (κ1) is 30.6. The fourth-order valence-electron chi connectivity index (χ4n) is 4.93. The zero-order valence-electron chi connectivity index (χ0n) is 24.2. The Balaban J connectivity index is 1.61. The number of aromatic nitrogens is 1. The Kier molecular flexibility index (Phi) is 8.93. The molecule has 1 fully saturated rings. The van der Waals surface area contributed by atoms with Crippen molar-refractivity contribution in [2.45, 2.75) is 38.0 Å². The summed E-state index contributed by atoms with van der Waals surface area (Å²) in [6.45, 7) is 4.75. The molecule has 3 aromatic carbocycles. The summed E-state index contributed by atoms with van der Waals surface area (Å²) in [5, 5.41) is 22.0. The molecule has 5 rings (SSSR count). The highest BCUT2D eigenvalue weighted by Gasteiger charge is 2.26. The maximum atomic E-state index is 13.8. The third kappa shape index (κ3) is 6.26. The number of rotatable bonds is 6. The highest BCUT2D eigenvalue weighted by atomic mass is 32.2. The van der Waals surface area contributed by atoms with Gasteiger partial charge in [0, 0.05) is 18.8 Å². The van der Waals surface area contributed by atoms with Gasteiger partial charge in [-0.05, 0) is 91.9 Å². The van der Waals surface area contributed by atoms with E-state index in [9.17, 15) is 23.3 Å². The second kappa shape index (κ2) is 12.8. The van der Waals surface area contributed by atoms with Gasteiger partial charge in [-0.1, -0.05) is 30.7 Å². The zero-order valence-corrected chi connectivity index (χ0v) is 25.8. The van der Waals surface area contributed by atoms with Crippen LogP contribution >= 0.6 is 11.3 Å². The Hall–Kier alpha value is -4.81. The molecule has 0 unspecified atom stereocenters. The Morgan fingerprint density at radius 2 is 1.68 bits per heavy atom. The van der Waals surface area contributed by atoms with E-state index < -0.39 is 21.5 Å². The Labute approximate surface area is 259 Å². The van der Waals surface area contributed by atoms with Gasteiger partial charge in [0.25, 0.3) is 11.5 Å². The molecule has 4 aromatic rings. The average molecular weight is 624 g/mol. The summed E-state index contributed by atoms with van der Waals surface area (Å²) in [5.41, 5.74) is 3.10. The maximum absolute atomic E-state index is 13.8. The van der Waals surface area contributed by atoms with Crippen LogP contribution in [0.15, 0.2) is 76.4 Å². The Morgan fingerprint density at radius 3 is 2.34 bits per heavy atom. The van der Waals surface area contributed by atoms with Crippen LogP contribution < -0.4 is 20.1 Å². The minimum absolute atomic E-state index is 0.0539.